The molecule has 1 radical (unpaired) electrons. The minimum absolute atomic E-state index is 0. The number of ketones is 1. The van der Waals surface area contributed by atoms with Crippen LogP contribution in [0.25, 0.3) is 31.7 Å². The number of thiophene rings is 1. The third-order valence-corrected chi connectivity index (χ3v) is 8.58. The zero-order chi connectivity index (χ0) is 29.4. The molecular formula is C34H44IrN3O2S-. The van der Waals surface area contributed by atoms with Crippen molar-refractivity contribution in [2.24, 2.45) is 17.8 Å². The summed E-state index contributed by atoms with van der Waals surface area (Å²) in [6.07, 6.45) is 9.50. The van der Waals surface area contributed by atoms with Gasteiger partial charge in [-0.05, 0) is 49.7 Å². The Labute approximate surface area is 263 Å². The van der Waals surface area contributed by atoms with Crippen molar-refractivity contribution in [2.75, 3.05) is 0 Å². The van der Waals surface area contributed by atoms with Crippen LogP contribution in [0.4, 0.5) is 0 Å². The van der Waals surface area contributed by atoms with Gasteiger partial charge in [-0.2, -0.15) is 0 Å². The first-order chi connectivity index (χ1) is 19.1. The molecule has 0 aliphatic carbocycles. The number of carbonyl (C=O) groups is 1. The van der Waals surface area contributed by atoms with E-state index in [0.717, 1.165) is 64.7 Å². The zero-order valence-electron chi connectivity index (χ0n) is 25.7. The first-order valence-corrected chi connectivity index (χ1v) is 15.4. The van der Waals surface area contributed by atoms with Crippen LogP contribution in [-0.4, -0.2) is 25.8 Å². The van der Waals surface area contributed by atoms with E-state index >= 15 is 0 Å². The second kappa shape index (κ2) is 16.2. The van der Waals surface area contributed by atoms with E-state index in [-0.39, 0.29) is 43.5 Å². The number of fused-ring (bicyclic) bond motifs is 3. The average molecular weight is 751 g/mol. The number of allylic oxidation sites excluding steroid dienone is 2. The molecule has 0 aliphatic heterocycles. The van der Waals surface area contributed by atoms with Crippen molar-refractivity contribution in [3.63, 3.8) is 0 Å². The molecule has 0 unspecified atom stereocenters. The smallest absolute Gasteiger partial charge is 0.162 e. The Bertz CT molecular complexity index is 1450. The number of aryl methyl sites for hydroxylation is 2. The largest absolute Gasteiger partial charge is 0.512 e. The van der Waals surface area contributed by atoms with E-state index in [2.05, 4.69) is 66.9 Å². The molecular weight excluding hydrogens is 707 g/mol. The second-order valence-electron chi connectivity index (χ2n) is 11.0. The second-order valence-corrected chi connectivity index (χ2v) is 12.0. The Balaban J connectivity index is 0.000000320. The molecule has 41 heavy (non-hydrogen) atoms. The number of aromatic nitrogens is 3. The third kappa shape index (κ3) is 8.76. The number of carbonyl (C=O) groups excluding carboxylic acids is 1. The van der Waals surface area contributed by atoms with Crippen molar-refractivity contribution in [1.82, 2.24) is 15.0 Å². The summed E-state index contributed by atoms with van der Waals surface area (Å²) in [6.45, 7) is 16.7. The number of hydrogen-bond acceptors (Lipinski definition) is 6. The first-order valence-electron chi connectivity index (χ1n) is 14.6. The minimum Gasteiger partial charge on any atom is -0.512 e. The fourth-order valence-corrected chi connectivity index (χ4v) is 6.34. The predicted molar refractivity (Wildman–Crippen MR) is 169 cm³/mol. The van der Waals surface area contributed by atoms with Gasteiger partial charge in [-0.25, -0.2) is 4.98 Å². The van der Waals surface area contributed by atoms with Gasteiger partial charge in [0.15, 0.2) is 5.78 Å². The quantitative estimate of drug-likeness (QED) is 0.0994. The van der Waals surface area contributed by atoms with Crippen LogP contribution in [0.15, 0.2) is 42.6 Å². The predicted octanol–water partition coefficient (Wildman–Crippen LogP) is 9.39. The number of aliphatic hydroxyl groups is 1. The molecule has 223 valence electrons. The van der Waals surface area contributed by atoms with Gasteiger partial charge in [0.05, 0.1) is 10.5 Å². The SMILES string of the molecule is CCC(CC)C(=O)/C=C(\O)C(CC)CC.Cc1[c-]c(-c2ncnc3c2sc2c(CC(C)C)ccnc23)cc(C)c1.[Ir]. The maximum atomic E-state index is 11.7. The summed E-state index contributed by atoms with van der Waals surface area (Å²) in [4.78, 5) is 25.5. The molecule has 3 aromatic heterocycles. The van der Waals surface area contributed by atoms with Gasteiger partial charge in [0.2, 0.25) is 0 Å². The summed E-state index contributed by atoms with van der Waals surface area (Å²) in [7, 11) is 0. The normalized spacial score (nSPS) is 11.7. The van der Waals surface area contributed by atoms with E-state index in [4.69, 9.17) is 0 Å². The van der Waals surface area contributed by atoms with Gasteiger partial charge in [-0.1, -0.05) is 55.4 Å². The topological polar surface area (TPSA) is 76.0 Å². The van der Waals surface area contributed by atoms with Crippen LogP contribution in [0.3, 0.4) is 0 Å². The Kier molecular flexibility index (Phi) is 13.8. The molecule has 0 spiro atoms. The number of nitrogens with zero attached hydrogens (tertiary/aromatic N) is 3. The number of aliphatic hydroxyl groups excluding tert-OH is 1. The summed E-state index contributed by atoms with van der Waals surface area (Å²) in [5, 5.41) is 9.76. The Morgan fingerprint density at radius 2 is 1.59 bits per heavy atom. The van der Waals surface area contributed by atoms with Gasteiger partial charge in [0.25, 0.3) is 0 Å². The number of pyridine rings is 1. The molecule has 1 N–H and O–H groups in total. The summed E-state index contributed by atoms with van der Waals surface area (Å²) < 4.78 is 2.33. The van der Waals surface area contributed by atoms with Crippen LogP contribution in [0.2, 0.25) is 0 Å². The van der Waals surface area contributed by atoms with Crippen molar-refractivity contribution in [1.29, 1.82) is 0 Å². The van der Waals surface area contributed by atoms with Crippen molar-refractivity contribution < 1.29 is 30.0 Å². The molecule has 4 aromatic rings. The monoisotopic (exact) mass is 751 g/mol. The molecule has 0 saturated carbocycles. The van der Waals surface area contributed by atoms with E-state index in [1.165, 1.54) is 21.9 Å². The van der Waals surface area contributed by atoms with E-state index in [1.807, 2.05) is 33.9 Å². The Morgan fingerprint density at radius 1 is 0.951 bits per heavy atom. The van der Waals surface area contributed by atoms with Crippen LogP contribution in [0, 0.1) is 37.7 Å². The maximum absolute atomic E-state index is 11.7. The van der Waals surface area contributed by atoms with Gasteiger partial charge in [-0.15, -0.1) is 46.2 Å². The zero-order valence-corrected chi connectivity index (χ0v) is 28.9. The van der Waals surface area contributed by atoms with Crippen molar-refractivity contribution in [3.8, 4) is 11.3 Å². The van der Waals surface area contributed by atoms with Crippen LogP contribution in [0.5, 0.6) is 0 Å². The number of hydrogen-bond donors (Lipinski definition) is 1. The molecule has 5 nitrogen and oxygen atoms in total. The standard InChI is InChI=1S/C21H20N3S.C13H24O2.Ir/c1-12(2)7-15-5-6-22-18-19-21(25-20(15)18)17(23-11-24-19)16-9-13(3)8-14(4)10-16;1-5-10(6-2)12(14)9-13(15)11(7-3)8-4;/h5-6,8-9,11-12H,7H2,1-4H3;9-11,14H,5-8H2,1-4H3;/q-1;;/b;12-9-;. The summed E-state index contributed by atoms with van der Waals surface area (Å²) in [5.41, 5.74) is 7.61. The third-order valence-electron chi connectivity index (χ3n) is 7.33. The number of benzene rings is 1. The van der Waals surface area contributed by atoms with Crippen LogP contribution < -0.4 is 0 Å². The van der Waals surface area contributed by atoms with Crippen molar-refractivity contribution in [3.05, 3.63) is 65.3 Å². The molecule has 7 heteroatoms. The summed E-state index contributed by atoms with van der Waals surface area (Å²) in [6, 6.07) is 9.85. The van der Waals surface area contributed by atoms with Crippen LogP contribution >= 0.6 is 11.3 Å². The molecule has 0 aliphatic rings. The average Bonchev–Trinajstić information content (AvgIpc) is 3.29. The van der Waals surface area contributed by atoms with E-state index in [0.29, 0.717) is 5.92 Å². The summed E-state index contributed by atoms with van der Waals surface area (Å²) in [5.74, 6) is 1.15. The van der Waals surface area contributed by atoms with Crippen molar-refractivity contribution >= 4 is 37.6 Å². The summed E-state index contributed by atoms with van der Waals surface area (Å²) >= 11 is 1.76. The van der Waals surface area contributed by atoms with Crippen LogP contribution in [0.1, 0.15) is 83.9 Å². The van der Waals surface area contributed by atoms with E-state index in [1.54, 1.807) is 17.7 Å². The van der Waals surface area contributed by atoms with Gasteiger partial charge in [-0.3, -0.25) is 14.8 Å². The molecule has 0 fully saturated rings. The fraction of sp³-hybridized carbons (Fsp3) is 0.471. The molecule has 0 atom stereocenters. The molecule has 1 aromatic carbocycles. The van der Waals surface area contributed by atoms with E-state index < -0.39 is 0 Å². The van der Waals surface area contributed by atoms with Gasteiger partial charge < -0.3 is 5.11 Å². The Hall–Kier alpha value is -2.47. The first kappa shape index (κ1) is 34.7. The molecule has 4 rings (SSSR count). The number of rotatable bonds is 10. The molecule has 0 bridgehead atoms. The van der Waals surface area contributed by atoms with Gasteiger partial charge in [0, 0.05) is 54.6 Å². The van der Waals surface area contributed by atoms with Gasteiger partial charge in [0.1, 0.15) is 17.4 Å². The molecule has 0 amide bonds. The molecule has 3 heterocycles. The van der Waals surface area contributed by atoms with Crippen LogP contribution in [-0.2, 0) is 31.3 Å². The molecule has 0 saturated heterocycles. The Morgan fingerprint density at radius 3 is 2.17 bits per heavy atom. The maximum Gasteiger partial charge on any atom is 0.162 e. The van der Waals surface area contributed by atoms with Gasteiger partial charge >= 0.3 is 0 Å². The minimum atomic E-state index is 0. The van der Waals surface area contributed by atoms with E-state index in [9.17, 15) is 9.90 Å². The fourth-order valence-electron chi connectivity index (χ4n) is 5.11. The van der Waals surface area contributed by atoms with Crippen molar-refractivity contribution in [2.45, 2.75) is 87.5 Å².